The van der Waals surface area contributed by atoms with Gasteiger partial charge < -0.3 is 18.9 Å². The molecule has 1 unspecified atom stereocenters. The van der Waals surface area contributed by atoms with Crippen LogP contribution in [0.4, 0.5) is 65.9 Å². The van der Waals surface area contributed by atoms with Crippen molar-refractivity contribution in [2.24, 2.45) is 5.92 Å². The average Bonchev–Trinajstić information content (AvgIpc) is 3.04. The maximum atomic E-state index is 14.6. The van der Waals surface area contributed by atoms with Crippen molar-refractivity contribution in [3.8, 4) is 23.0 Å². The van der Waals surface area contributed by atoms with Crippen molar-refractivity contribution in [3.05, 3.63) is 117 Å². The molecular weight excluding hydrogens is 805 g/mol. The lowest BCUT2D eigenvalue weighted by molar-refractivity contribution is -0.190. The zero-order chi connectivity index (χ0) is 42.5. The van der Waals surface area contributed by atoms with Gasteiger partial charge in [-0.2, -0.15) is 30.7 Å². The molecule has 4 aromatic rings. The van der Waals surface area contributed by atoms with Crippen molar-refractivity contribution in [1.82, 2.24) is 0 Å². The topological polar surface area (TPSA) is 36.9 Å². The lowest BCUT2D eigenvalue weighted by Crippen LogP contribution is -2.25. The molecule has 0 fully saturated rings. The van der Waals surface area contributed by atoms with Gasteiger partial charge >= 0.3 is 18.4 Å². The summed E-state index contributed by atoms with van der Waals surface area (Å²) in [6.45, 7) is 2.83. The summed E-state index contributed by atoms with van der Waals surface area (Å²) in [6, 6.07) is 2.28. The highest BCUT2D eigenvalue weighted by Gasteiger charge is 2.44. The number of hydrogen-bond acceptors (Lipinski definition) is 4. The molecule has 0 bridgehead atoms. The molecule has 4 aromatic carbocycles. The molecule has 0 N–H and O–H groups in total. The van der Waals surface area contributed by atoms with Crippen LogP contribution in [0.2, 0.25) is 0 Å². The Morgan fingerprint density at radius 3 is 1.07 bits per heavy atom. The fourth-order valence-electron chi connectivity index (χ4n) is 5.50. The molecule has 19 heteroatoms. The largest absolute Gasteiger partial charge is 0.493 e. The first-order chi connectivity index (χ1) is 26.5. The van der Waals surface area contributed by atoms with Crippen molar-refractivity contribution in [2.75, 3.05) is 13.2 Å². The first-order valence-electron chi connectivity index (χ1n) is 16.9. The number of unbranched alkanes of at least 4 members (excludes halogenated alkanes) is 2. The Bertz CT molecular complexity index is 1940. The smallest absolute Gasteiger partial charge is 0.432 e. The molecule has 0 amide bonds. The van der Waals surface area contributed by atoms with Crippen LogP contribution < -0.4 is 18.9 Å². The zero-order valence-corrected chi connectivity index (χ0v) is 29.7. The van der Waals surface area contributed by atoms with E-state index in [4.69, 9.17) is 9.47 Å². The number of benzene rings is 4. The van der Waals surface area contributed by atoms with Crippen LogP contribution in [0.15, 0.2) is 48.5 Å². The SMILES string of the molecule is Cc1c(F)cc(OC(F)(F)c2c(F)cc(OCCCCC(C)CCCCOc3cc(F)c(C(F)(F)Oc4cc(F)c(C(F)(F)F)c(F)c4)c(F)c3)cc2F)cc1F. The van der Waals surface area contributed by atoms with E-state index >= 15 is 0 Å². The van der Waals surface area contributed by atoms with Gasteiger partial charge in [0, 0.05) is 54.1 Å². The molecule has 1 atom stereocenters. The monoisotopic (exact) mass is 836 g/mol. The fourth-order valence-corrected chi connectivity index (χ4v) is 5.50. The standard InChI is InChI=1S/C38H31F15O4/c1-19(7-3-5-9-54-21-11-29(43)34(30(44)12-21)37(50,51)56-23-15-25(39)20(2)26(40)16-23)8-4-6-10-55-22-13-31(45)35(32(46)14-22)38(52,53)57-24-17-27(41)33(28(42)18-24)36(47,48)49/h11-19H,3-10H2,1-2H3. The molecule has 0 aliphatic rings. The van der Waals surface area contributed by atoms with Crippen LogP contribution >= 0.6 is 0 Å². The van der Waals surface area contributed by atoms with Crippen LogP contribution in [0.3, 0.4) is 0 Å². The van der Waals surface area contributed by atoms with Crippen LogP contribution in [0, 0.1) is 59.4 Å². The van der Waals surface area contributed by atoms with Crippen molar-refractivity contribution in [2.45, 2.75) is 70.8 Å². The number of ether oxygens (including phenoxy) is 4. The highest BCUT2D eigenvalue weighted by molar-refractivity contribution is 5.37. The molecule has 0 aliphatic carbocycles. The van der Waals surface area contributed by atoms with E-state index in [-0.39, 0.29) is 31.3 Å². The first-order valence-corrected chi connectivity index (χ1v) is 16.9. The third-order valence-electron chi connectivity index (χ3n) is 8.38. The van der Waals surface area contributed by atoms with E-state index in [2.05, 4.69) is 9.47 Å². The summed E-state index contributed by atoms with van der Waals surface area (Å²) in [4.78, 5) is 0. The summed E-state index contributed by atoms with van der Waals surface area (Å²) in [5, 5.41) is 0. The molecule has 312 valence electrons. The van der Waals surface area contributed by atoms with E-state index in [1.54, 1.807) is 0 Å². The Hall–Kier alpha value is -4.97. The second kappa shape index (κ2) is 18.1. The summed E-state index contributed by atoms with van der Waals surface area (Å²) < 4.78 is 229. The van der Waals surface area contributed by atoms with Crippen LogP contribution in [0.25, 0.3) is 0 Å². The van der Waals surface area contributed by atoms with Crippen LogP contribution in [0.5, 0.6) is 23.0 Å². The first kappa shape index (κ1) is 44.7. The molecule has 0 spiro atoms. The molecule has 0 aliphatic heterocycles. The molecule has 57 heavy (non-hydrogen) atoms. The normalized spacial score (nSPS) is 12.8. The van der Waals surface area contributed by atoms with E-state index < -0.39 is 110 Å². The molecule has 0 radical (unpaired) electrons. The number of hydrogen-bond donors (Lipinski definition) is 0. The third kappa shape index (κ3) is 11.6. The summed E-state index contributed by atoms with van der Waals surface area (Å²) >= 11 is 0. The Morgan fingerprint density at radius 2 is 0.737 bits per heavy atom. The van der Waals surface area contributed by atoms with Gasteiger partial charge in [0.1, 0.15) is 86.2 Å². The lowest BCUT2D eigenvalue weighted by Gasteiger charge is -2.20. The second-order valence-corrected chi connectivity index (χ2v) is 12.8. The maximum absolute atomic E-state index is 14.6. The molecule has 0 aromatic heterocycles. The van der Waals surface area contributed by atoms with Gasteiger partial charge in [-0.3, -0.25) is 0 Å². The highest BCUT2D eigenvalue weighted by atomic mass is 19.4. The highest BCUT2D eigenvalue weighted by Crippen LogP contribution is 2.41. The lowest BCUT2D eigenvalue weighted by atomic mass is 9.98. The molecule has 4 rings (SSSR count). The van der Waals surface area contributed by atoms with Gasteiger partial charge in [0.25, 0.3) is 0 Å². The average molecular weight is 837 g/mol. The number of rotatable bonds is 18. The Labute approximate surface area is 315 Å². The Balaban J connectivity index is 1.18. The van der Waals surface area contributed by atoms with E-state index in [9.17, 15) is 65.9 Å². The van der Waals surface area contributed by atoms with Gasteiger partial charge in [-0.15, -0.1) is 0 Å². The molecule has 0 saturated carbocycles. The van der Waals surface area contributed by atoms with Crippen molar-refractivity contribution in [1.29, 1.82) is 0 Å². The third-order valence-corrected chi connectivity index (χ3v) is 8.38. The maximum Gasteiger partial charge on any atom is 0.432 e. The van der Waals surface area contributed by atoms with Crippen LogP contribution in [0.1, 0.15) is 67.7 Å². The minimum absolute atomic E-state index is 0.0380. The van der Waals surface area contributed by atoms with E-state index in [1.807, 2.05) is 6.92 Å². The number of halogens is 15. The van der Waals surface area contributed by atoms with Crippen LogP contribution in [-0.2, 0) is 18.4 Å². The zero-order valence-electron chi connectivity index (χ0n) is 29.7. The summed E-state index contributed by atoms with van der Waals surface area (Å²) in [6.07, 6.45) is -11.8. The van der Waals surface area contributed by atoms with E-state index in [1.165, 1.54) is 0 Å². The Kier molecular flexibility index (Phi) is 14.2. The second-order valence-electron chi connectivity index (χ2n) is 12.8. The minimum Gasteiger partial charge on any atom is -0.493 e. The predicted octanol–water partition coefficient (Wildman–Crippen LogP) is 12.8. The summed E-state index contributed by atoms with van der Waals surface area (Å²) in [5.41, 5.74) is -6.63. The van der Waals surface area contributed by atoms with Gasteiger partial charge in [0.15, 0.2) is 0 Å². The van der Waals surface area contributed by atoms with Crippen LogP contribution in [-0.4, -0.2) is 13.2 Å². The molecule has 0 heterocycles. The predicted molar refractivity (Wildman–Crippen MR) is 172 cm³/mol. The van der Waals surface area contributed by atoms with E-state index in [0.29, 0.717) is 74.9 Å². The minimum atomic E-state index is -5.50. The van der Waals surface area contributed by atoms with Gasteiger partial charge in [0.05, 0.1) is 13.2 Å². The van der Waals surface area contributed by atoms with Gasteiger partial charge in [-0.25, -0.2) is 35.1 Å². The van der Waals surface area contributed by atoms with Gasteiger partial charge in [0.2, 0.25) is 0 Å². The van der Waals surface area contributed by atoms with Gasteiger partial charge in [-0.05, 0) is 38.5 Å². The quantitative estimate of drug-likeness (QED) is 0.0739. The van der Waals surface area contributed by atoms with E-state index in [0.717, 1.165) is 6.92 Å². The van der Waals surface area contributed by atoms with Crippen molar-refractivity contribution in [3.63, 3.8) is 0 Å². The summed E-state index contributed by atoms with van der Waals surface area (Å²) in [7, 11) is 0. The molecule has 4 nitrogen and oxygen atoms in total. The van der Waals surface area contributed by atoms with Crippen molar-refractivity contribution >= 4 is 0 Å². The van der Waals surface area contributed by atoms with Gasteiger partial charge in [-0.1, -0.05) is 19.8 Å². The number of alkyl halides is 7. The molecular formula is C38H31F15O4. The summed E-state index contributed by atoms with van der Waals surface area (Å²) in [5.74, 6) is -17.4. The fraction of sp³-hybridized carbons (Fsp3) is 0.368. The van der Waals surface area contributed by atoms with Crippen molar-refractivity contribution < 1.29 is 84.8 Å². The Morgan fingerprint density at radius 1 is 0.439 bits per heavy atom. The molecule has 0 saturated heterocycles.